The van der Waals surface area contributed by atoms with Gasteiger partial charge in [-0.05, 0) is 0 Å². The Balaban J connectivity index is 0. The highest BCUT2D eigenvalue weighted by molar-refractivity contribution is 8.76. The molecule has 0 bridgehead atoms. The number of carboxylic acid groups (broad SMARTS) is 1. The van der Waals surface area contributed by atoms with Gasteiger partial charge in [0.05, 0.1) is 13.2 Å². The van der Waals surface area contributed by atoms with Crippen LogP contribution in [0.25, 0.3) is 0 Å². The van der Waals surface area contributed by atoms with E-state index >= 15 is 0 Å². The quantitative estimate of drug-likeness (QED) is 0.350. The summed E-state index contributed by atoms with van der Waals surface area (Å²) < 4.78 is 0. The zero-order chi connectivity index (χ0) is 10.5. The largest absolute Gasteiger partial charge is 0.478 e. The van der Waals surface area contributed by atoms with E-state index in [4.69, 9.17) is 15.3 Å². The number of hydrogen-bond donors (Lipinski definition) is 3. The molecule has 13 heavy (non-hydrogen) atoms. The molecular weight excluding hydrogens is 212 g/mol. The Bertz CT molecular complexity index is 124. The lowest BCUT2D eigenvalue weighted by Gasteiger charge is -1.93. The highest BCUT2D eigenvalue weighted by Gasteiger charge is 1.85. The molecule has 4 nitrogen and oxygen atoms in total. The molecule has 0 radical (unpaired) electrons. The van der Waals surface area contributed by atoms with Gasteiger partial charge in [-0.15, -0.1) is 0 Å². The molecule has 0 aliphatic heterocycles. The molecule has 6 heteroatoms. The summed E-state index contributed by atoms with van der Waals surface area (Å²) in [5.41, 5.74) is 0. The molecule has 0 aromatic carbocycles. The molecule has 0 amide bonds. The highest BCUT2D eigenvalue weighted by atomic mass is 33.1. The Labute approximate surface area is 85.4 Å². The fourth-order valence-corrected chi connectivity index (χ4v) is 1.73. The third-order valence-electron chi connectivity index (χ3n) is 0.607. The first-order valence-electron chi connectivity index (χ1n) is 3.50. The first-order valence-corrected chi connectivity index (χ1v) is 5.99. The summed E-state index contributed by atoms with van der Waals surface area (Å²) in [6.07, 6.45) is 0.833. The number of rotatable bonds is 6. The van der Waals surface area contributed by atoms with E-state index in [0.717, 1.165) is 17.6 Å². The number of aliphatic hydroxyl groups excluding tert-OH is 2. The van der Waals surface area contributed by atoms with Gasteiger partial charge in [-0.1, -0.05) is 28.2 Å². The van der Waals surface area contributed by atoms with Gasteiger partial charge in [-0.3, -0.25) is 0 Å². The summed E-state index contributed by atoms with van der Waals surface area (Å²) in [5, 5.41) is 24.1. The van der Waals surface area contributed by atoms with Gasteiger partial charge in [0.15, 0.2) is 0 Å². The van der Waals surface area contributed by atoms with Crippen molar-refractivity contribution in [3.8, 4) is 0 Å². The van der Waals surface area contributed by atoms with Gasteiger partial charge < -0.3 is 15.3 Å². The molecule has 0 rings (SSSR count). The maximum Gasteiger partial charge on any atom is 0.327 e. The zero-order valence-electron chi connectivity index (χ0n) is 7.18. The topological polar surface area (TPSA) is 77.8 Å². The summed E-state index contributed by atoms with van der Waals surface area (Å²) >= 11 is 0. The minimum absolute atomic E-state index is 0.225. The van der Waals surface area contributed by atoms with E-state index in [1.807, 2.05) is 0 Å². The molecule has 0 heterocycles. The molecule has 0 unspecified atom stereocenters. The molecule has 0 aliphatic carbocycles. The van der Waals surface area contributed by atoms with Crippen LogP contribution in [0.2, 0.25) is 0 Å². The highest BCUT2D eigenvalue weighted by Crippen LogP contribution is 2.18. The van der Waals surface area contributed by atoms with E-state index in [0.29, 0.717) is 0 Å². The number of aliphatic carboxylic acids is 1. The van der Waals surface area contributed by atoms with Gasteiger partial charge >= 0.3 is 5.97 Å². The van der Waals surface area contributed by atoms with Crippen LogP contribution in [0.5, 0.6) is 0 Å². The van der Waals surface area contributed by atoms with E-state index in [1.54, 1.807) is 21.6 Å². The van der Waals surface area contributed by atoms with Crippen molar-refractivity contribution in [2.24, 2.45) is 0 Å². The SMILES string of the molecule is C=CC(=O)O.OCCSSCCO. The molecular formula is C7H14O4S2. The molecule has 0 aromatic heterocycles. The first-order chi connectivity index (χ1) is 6.18. The molecule has 0 spiro atoms. The van der Waals surface area contributed by atoms with Crippen molar-refractivity contribution >= 4 is 27.6 Å². The summed E-state index contributed by atoms with van der Waals surface area (Å²) in [6, 6.07) is 0. The van der Waals surface area contributed by atoms with Crippen molar-refractivity contribution in [2.75, 3.05) is 24.7 Å². The summed E-state index contributed by atoms with van der Waals surface area (Å²) in [4.78, 5) is 9.25. The van der Waals surface area contributed by atoms with Crippen LogP contribution in [0.4, 0.5) is 0 Å². The smallest absolute Gasteiger partial charge is 0.327 e. The van der Waals surface area contributed by atoms with E-state index in [-0.39, 0.29) is 13.2 Å². The Kier molecular flexibility index (Phi) is 16.9. The Morgan fingerprint density at radius 2 is 1.54 bits per heavy atom. The average Bonchev–Trinajstić information content (AvgIpc) is 2.14. The van der Waals surface area contributed by atoms with Crippen LogP contribution in [-0.4, -0.2) is 46.0 Å². The summed E-state index contributed by atoms with van der Waals surface area (Å²) in [7, 11) is 3.17. The van der Waals surface area contributed by atoms with Crippen LogP contribution in [-0.2, 0) is 4.79 Å². The number of hydrogen-bond acceptors (Lipinski definition) is 5. The minimum atomic E-state index is -0.981. The van der Waals surface area contributed by atoms with Crippen LogP contribution in [0.15, 0.2) is 12.7 Å². The fraction of sp³-hybridized carbons (Fsp3) is 0.571. The molecule has 0 fully saturated rings. The molecule has 0 saturated carbocycles. The van der Waals surface area contributed by atoms with Crippen LogP contribution in [0.3, 0.4) is 0 Å². The van der Waals surface area contributed by atoms with E-state index in [2.05, 4.69) is 6.58 Å². The van der Waals surface area contributed by atoms with Crippen molar-refractivity contribution in [3.63, 3.8) is 0 Å². The Morgan fingerprint density at radius 1 is 1.23 bits per heavy atom. The van der Waals surface area contributed by atoms with Gasteiger partial charge in [0.2, 0.25) is 0 Å². The number of carbonyl (C=O) groups is 1. The van der Waals surface area contributed by atoms with Gasteiger partial charge in [0.1, 0.15) is 0 Å². The minimum Gasteiger partial charge on any atom is -0.478 e. The Morgan fingerprint density at radius 3 is 1.69 bits per heavy atom. The van der Waals surface area contributed by atoms with Crippen molar-refractivity contribution in [1.82, 2.24) is 0 Å². The van der Waals surface area contributed by atoms with Gasteiger partial charge in [0, 0.05) is 17.6 Å². The third kappa shape index (κ3) is 24.5. The molecule has 0 aliphatic rings. The number of aliphatic hydroxyl groups is 2. The second kappa shape index (κ2) is 14.4. The first kappa shape index (κ1) is 15.3. The summed E-state index contributed by atoms with van der Waals surface area (Å²) in [6.45, 7) is 3.41. The van der Waals surface area contributed by atoms with Crippen molar-refractivity contribution in [3.05, 3.63) is 12.7 Å². The molecule has 0 atom stereocenters. The standard InChI is InChI=1S/C4H10O2S2.C3H4O2/c5-1-3-7-8-4-2-6;1-2-3(4)5/h5-6H,1-4H2;2H,1H2,(H,4,5). The van der Waals surface area contributed by atoms with Gasteiger partial charge in [-0.2, -0.15) is 0 Å². The zero-order valence-corrected chi connectivity index (χ0v) is 8.81. The lowest BCUT2D eigenvalue weighted by Crippen LogP contribution is -1.85. The monoisotopic (exact) mass is 226 g/mol. The second-order valence-electron chi connectivity index (χ2n) is 1.63. The summed E-state index contributed by atoms with van der Waals surface area (Å²) in [5.74, 6) is 0.528. The maximum atomic E-state index is 9.25. The van der Waals surface area contributed by atoms with Gasteiger partial charge in [0.25, 0.3) is 0 Å². The molecule has 3 N–H and O–H groups in total. The van der Waals surface area contributed by atoms with Crippen LogP contribution < -0.4 is 0 Å². The van der Waals surface area contributed by atoms with Crippen molar-refractivity contribution in [1.29, 1.82) is 0 Å². The maximum absolute atomic E-state index is 9.25. The average molecular weight is 226 g/mol. The van der Waals surface area contributed by atoms with Crippen LogP contribution >= 0.6 is 21.6 Å². The predicted molar refractivity (Wildman–Crippen MR) is 56.9 cm³/mol. The van der Waals surface area contributed by atoms with Crippen molar-refractivity contribution in [2.45, 2.75) is 0 Å². The van der Waals surface area contributed by atoms with Crippen LogP contribution in [0.1, 0.15) is 0 Å². The fourth-order valence-electron chi connectivity index (χ4n) is 0.192. The van der Waals surface area contributed by atoms with E-state index < -0.39 is 5.97 Å². The second-order valence-corrected chi connectivity index (χ2v) is 4.34. The molecule has 0 aromatic rings. The van der Waals surface area contributed by atoms with Crippen molar-refractivity contribution < 1.29 is 20.1 Å². The van der Waals surface area contributed by atoms with Gasteiger partial charge in [-0.25, -0.2) is 4.79 Å². The Hall–Kier alpha value is -0.170. The molecule has 78 valence electrons. The third-order valence-corrected chi connectivity index (χ3v) is 2.97. The van der Waals surface area contributed by atoms with Crippen LogP contribution in [0, 0.1) is 0 Å². The predicted octanol–water partition coefficient (Wildman–Crippen LogP) is 0.609. The van der Waals surface area contributed by atoms with E-state index in [1.165, 1.54) is 0 Å². The number of carboxylic acids is 1. The molecule has 0 saturated heterocycles. The normalized spacial score (nSPS) is 8.46. The lowest BCUT2D eigenvalue weighted by molar-refractivity contribution is -0.131. The lowest BCUT2D eigenvalue weighted by atomic mass is 10.7. The van der Waals surface area contributed by atoms with E-state index in [9.17, 15) is 4.79 Å².